The zero-order valence-electron chi connectivity index (χ0n) is 16.6. The standard InChI is InChI=1S/C22H24N2O5/c1-22(2)28-18-7-3-6-17(19(18)21(25)29-22)26-13-14-5-4-10-23-20(14)24-11-15-8-9-16(12-24)27-15/h3-7,10,15-16H,8-9,11-13H2,1-2H3. The number of carbonyl (C=O) groups excluding carboxylic acids is 1. The number of anilines is 1. The van der Waals surface area contributed by atoms with E-state index in [1.165, 1.54) is 0 Å². The Kier molecular flexibility index (Phi) is 4.35. The molecule has 4 heterocycles. The Bertz CT molecular complexity index is 933. The second-order valence-electron chi connectivity index (χ2n) is 8.16. The summed E-state index contributed by atoms with van der Waals surface area (Å²) in [6, 6.07) is 9.23. The Labute approximate surface area is 169 Å². The smallest absolute Gasteiger partial charge is 0.349 e. The fourth-order valence-electron chi connectivity index (χ4n) is 4.25. The highest BCUT2D eigenvalue weighted by Crippen LogP contribution is 2.37. The number of carbonyl (C=O) groups is 1. The summed E-state index contributed by atoms with van der Waals surface area (Å²) >= 11 is 0. The molecule has 0 aliphatic carbocycles. The van der Waals surface area contributed by atoms with E-state index in [4.69, 9.17) is 18.9 Å². The van der Waals surface area contributed by atoms with Gasteiger partial charge in [-0.25, -0.2) is 9.78 Å². The molecule has 152 valence electrons. The van der Waals surface area contributed by atoms with Crippen LogP contribution in [0, 0.1) is 0 Å². The molecule has 2 unspecified atom stereocenters. The number of hydrogen-bond donors (Lipinski definition) is 0. The van der Waals surface area contributed by atoms with Crippen molar-refractivity contribution in [3.63, 3.8) is 0 Å². The van der Waals surface area contributed by atoms with E-state index in [9.17, 15) is 4.79 Å². The maximum Gasteiger partial charge on any atom is 0.349 e. The van der Waals surface area contributed by atoms with Crippen LogP contribution in [0.25, 0.3) is 0 Å². The van der Waals surface area contributed by atoms with E-state index in [1.807, 2.05) is 18.2 Å². The fourth-order valence-corrected chi connectivity index (χ4v) is 4.25. The third-order valence-corrected chi connectivity index (χ3v) is 5.48. The van der Waals surface area contributed by atoms with Crippen LogP contribution in [0.15, 0.2) is 36.5 Å². The first-order chi connectivity index (χ1) is 14.0. The third kappa shape index (κ3) is 3.51. The summed E-state index contributed by atoms with van der Waals surface area (Å²) in [6.07, 6.45) is 4.57. The van der Waals surface area contributed by atoms with Crippen molar-refractivity contribution in [2.45, 2.75) is 51.3 Å². The van der Waals surface area contributed by atoms with Gasteiger partial charge in [0.15, 0.2) is 0 Å². The summed E-state index contributed by atoms with van der Waals surface area (Å²) in [5.74, 6) is 0.398. The van der Waals surface area contributed by atoms with Gasteiger partial charge in [0.1, 0.15) is 29.5 Å². The normalized spacial score (nSPS) is 24.5. The van der Waals surface area contributed by atoms with Crippen molar-refractivity contribution < 1.29 is 23.7 Å². The predicted octanol–water partition coefficient (Wildman–Crippen LogP) is 3.31. The van der Waals surface area contributed by atoms with Gasteiger partial charge >= 0.3 is 5.97 Å². The van der Waals surface area contributed by atoms with Crippen LogP contribution in [0.1, 0.15) is 42.6 Å². The third-order valence-electron chi connectivity index (χ3n) is 5.48. The molecule has 2 bridgehead atoms. The van der Waals surface area contributed by atoms with E-state index < -0.39 is 11.8 Å². The van der Waals surface area contributed by atoms with Crippen molar-refractivity contribution in [3.05, 3.63) is 47.7 Å². The van der Waals surface area contributed by atoms with Crippen LogP contribution in [0.4, 0.5) is 5.82 Å². The quantitative estimate of drug-likeness (QED) is 0.734. The minimum Gasteiger partial charge on any atom is -0.488 e. The summed E-state index contributed by atoms with van der Waals surface area (Å²) in [4.78, 5) is 19.4. The van der Waals surface area contributed by atoms with Gasteiger partial charge in [-0.2, -0.15) is 0 Å². The molecule has 29 heavy (non-hydrogen) atoms. The van der Waals surface area contributed by atoms with Crippen molar-refractivity contribution in [1.29, 1.82) is 0 Å². The van der Waals surface area contributed by atoms with Gasteiger partial charge in [0.05, 0.1) is 12.2 Å². The lowest BCUT2D eigenvalue weighted by atomic mass is 10.1. The minimum atomic E-state index is -0.991. The Morgan fingerprint density at radius 3 is 2.72 bits per heavy atom. The first-order valence-corrected chi connectivity index (χ1v) is 10.0. The lowest BCUT2D eigenvalue weighted by molar-refractivity contribution is -0.127. The number of pyridine rings is 1. The van der Waals surface area contributed by atoms with Crippen LogP contribution >= 0.6 is 0 Å². The monoisotopic (exact) mass is 396 g/mol. The van der Waals surface area contributed by atoms with E-state index >= 15 is 0 Å². The van der Waals surface area contributed by atoms with Gasteiger partial charge in [-0.1, -0.05) is 12.1 Å². The Morgan fingerprint density at radius 2 is 1.93 bits per heavy atom. The molecule has 1 aromatic heterocycles. The molecule has 3 aliphatic rings. The summed E-state index contributed by atoms with van der Waals surface area (Å²) in [5.41, 5.74) is 1.29. The van der Waals surface area contributed by atoms with Gasteiger partial charge in [-0.15, -0.1) is 0 Å². The first kappa shape index (κ1) is 18.2. The summed E-state index contributed by atoms with van der Waals surface area (Å²) in [5, 5.41) is 0. The molecule has 0 spiro atoms. The lowest BCUT2D eigenvalue weighted by Gasteiger charge is -2.34. The zero-order valence-corrected chi connectivity index (χ0v) is 16.6. The number of cyclic esters (lactones) is 1. The number of esters is 1. The summed E-state index contributed by atoms with van der Waals surface area (Å²) in [7, 11) is 0. The number of ether oxygens (including phenoxy) is 4. The Hall–Kier alpha value is -2.80. The van der Waals surface area contributed by atoms with Crippen molar-refractivity contribution in [2.75, 3.05) is 18.0 Å². The van der Waals surface area contributed by atoms with Crippen LogP contribution in [0.3, 0.4) is 0 Å². The molecule has 7 heteroatoms. The lowest BCUT2D eigenvalue weighted by Crippen LogP contribution is -2.43. The van der Waals surface area contributed by atoms with E-state index in [2.05, 4.69) is 9.88 Å². The van der Waals surface area contributed by atoms with Gasteiger partial charge in [-0.3, -0.25) is 0 Å². The molecule has 3 aliphatic heterocycles. The number of nitrogens with zero attached hydrogens (tertiary/aromatic N) is 2. The van der Waals surface area contributed by atoms with Crippen molar-refractivity contribution in [1.82, 2.24) is 4.98 Å². The molecule has 2 atom stereocenters. The van der Waals surface area contributed by atoms with Gasteiger partial charge in [0.25, 0.3) is 0 Å². The van der Waals surface area contributed by atoms with Crippen molar-refractivity contribution >= 4 is 11.8 Å². The Morgan fingerprint density at radius 1 is 1.14 bits per heavy atom. The number of benzene rings is 1. The molecule has 5 rings (SSSR count). The molecular weight excluding hydrogens is 372 g/mol. The molecule has 7 nitrogen and oxygen atoms in total. The molecule has 0 N–H and O–H groups in total. The largest absolute Gasteiger partial charge is 0.488 e. The molecule has 1 aromatic carbocycles. The number of fused-ring (bicyclic) bond motifs is 3. The van der Waals surface area contributed by atoms with Crippen LogP contribution in [-0.4, -0.2) is 42.0 Å². The van der Waals surface area contributed by atoms with E-state index in [1.54, 1.807) is 32.2 Å². The molecule has 0 radical (unpaired) electrons. The van der Waals surface area contributed by atoms with Crippen molar-refractivity contribution in [2.24, 2.45) is 0 Å². The highest BCUT2D eigenvalue weighted by Gasteiger charge is 2.37. The topological polar surface area (TPSA) is 70.1 Å². The number of morpholine rings is 1. The average molecular weight is 396 g/mol. The van der Waals surface area contributed by atoms with Crippen LogP contribution in [-0.2, 0) is 16.1 Å². The van der Waals surface area contributed by atoms with E-state index in [0.717, 1.165) is 37.3 Å². The second kappa shape index (κ2) is 6.91. The predicted molar refractivity (Wildman–Crippen MR) is 105 cm³/mol. The molecule has 2 fully saturated rings. The maximum absolute atomic E-state index is 12.5. The Balaban J connectivity index is 1.38. The van der Waals surface area contributed by atoms with Crippen LogP contribution in [0.2, 0.25) is 0 Å². The second-order valence-corrected chi connectivity index (χ2v) is 8.16. The summed E-state index contributed by atoms with van der Waals surface area (Å²) < 4.78 is 23.1. The highest BCUT2D eigenvalue weighted by atomic mass is 16.7. The number of hydrogen-bond acceptors (Lipinski definition) is 7. The fraction of sp³-hybridized carbons (Fsp3) is 0.455. The average Bonchev–Trinajstić information content (AvgIpc) is 3.03. The number of aromatic nitrogens is 1. The van der Waals surface area contributed by atoms with Crippen LogP contribution in [0.5, 0.6) is 11.5 Å². The number of rotatable bonds is 4. The van der Waals surface area contributed by atoms with Gasteiger partial charge < -0.3 is 23.8 Å². The van der Waals surface area contributed by atoms with Crippen molar-refractivity contribution in [3.8, 4) is 11.5 Å². The summed E-state index contributed by atoms with van der Waals surface area (Å²) in [6.45, 7) is 5.40. The zero-order chi connectivity index (χ0) is 20.0. The SMILES string of the molecule is CC1(C)OC(=O)c2c(OCc3cccnc3N3CC4CCC(C3)O4)cccc2O1. The molecule has 2 aromatic rings. The van der Waals surface area contributed by atoms with E-state index in [-0.39, 0.29) is 12.2 Å². The van der Waals surface area contributed by atoms with E-state index in [0.29, 0.717) is 23.7 Å². The molecule has 2 saturated heterocycles. The van der Waals surface area contributed by atoms with Gasteiger partial charge in [-0.05, 0) is 31.0 Å². The molecule has 0 saturated carbocycles. The maximum atomic E-state index is 12.5. The molecule has 0 amide bonds. The van der Waals surface area contributed by atoms with Gasteiger partial charge in [0, 0.05) is 38.7 Å². The minimum absolute atomic E-state index is 0.279. The molecular formula is C22H24N2O5. The van der Waals surface area contributed by atoms with Crippen LogP contribution < -0.4 is 14.4 Å². The van der Waals surface area contributed by atoms with Gasteiger partial charge in [0.2, 0.25) is 5.79 Å². The highest BCUT2D eigenvalue weighted by molar-refractivity contribution is 5.96. The first-order valence-electron chi connectivity index (χ1n) is 10.0.